The molecule has 2 rings (SSSR count). The molecule has 0 saturated heterocycles. The molecule has 0 radical (unpaired) electrons. The first-order chi connectivity index (χ1) is 8.95. The summed E-state index contributed by atoms with van der Waals surface area (Å²) in [5, 5.41) is 0. The van der Waals surface area contributed by atoms with E-state index in [4.69, 9.17) is 5.73 Å². The maximum absolute atomic E-state index is 13.4. The van der Waals surface area contributed by atoms with Crippen LogP contribution in [-0.4, -0.2) is 0 Å². The lowest BCUT2D eigenvalue weighted by atomic mass is 9.97. The van der Waals surface area contributed by atoms with E-state index < -0.39 is 0 Å². The Morgan fingerprint density at radius 1 is 1.11 bits per heavy atom. The van der Waals surface area contributed by atoms with Crippen LogP contribution < -0.4 is 5.73 Å². The van der Waals surface area contributed by atoms with Gasteiger partial charge in [0.05, 0.1) is 0 Å². The molecule has 3 heteroatoms. The molecule has 2 aromatic rings. The number of aryl methyl sites for hydroxylation is 2. The van der Waals surface area contributed by atoms with Crippen molar-refractivity contribution in [2.24, 2.45) is 5.73 Å². The van der Waals surface area contributed by atoms with Crippen LogP contribution in [0.15, 0.2) is 40.9 Å². The first kappa shape index (κ1) is 14.2. The number of rotatable bonds is 3. The van der Waals surface area contributed by atoms with Crippen LogP contribution in [0.25, 0.3) is 0 Å². The molecule has 0 aromatic heterocycles. The molecule has 0 bridgehead atoms. The van der Waals surface area contributed by atoms with E-state index in [1.165, 1.54) is 28.8 Å². The largest absolute Gasteiger partial charge is 0.324 e. The van der Waals surface area contributed by atoms with Gasteiger partial charge in [0.25, 0.3) is 0 Å². The summed E-state index contributed by atoms with van der Waals surface area (Å²) in [6, 6.07) is 10.9. The molecule has 0 fully saturated rings. The zero-order valence-electron chi connectivity index (χ0n) is 11.1. The third-order valence-electron chi connectivity index (χ3n) is 3.34. The van der Waals surface area contributed by atoms with E-state index in [9.17, 15) is 4.39 Å². The number of hydrogen-bond acceptors (Lipinski definition) is 1. The molecule has 0 saturated carbocycles. The average Bonchev–Trinajstić information content (AvgIpc) is 2.32. The maximum atomic E-state index is 13.4. The van der Waals surface area contributed by atoms with Gasteiger partial charge in [0.1, 0.15) is 5.82 Å². The van der Waals surface area contributed by atoms with Crippen molar-refractivity contribution >= 4 is 15.9 Å². The third-order valence-corrected chi connectivity index (χ3v) is 3.80. The van der Waals surface area contributed by atoms with Gasteiger partial charge < -0.3 is 5.73 Å². The predicted octanol–water partition coefficient (Wildman–Crippen LogP) is 4.45. The molecule has 0 spiro atoms. The Morgan fingerprint density at radius 3 is 2.47 bits per heavy atom. The van der Waals surface area contributed by atoms with Gasteiger partial charge in [-0.3, -0.25) is 0 Å². The van der Waals surface area contributed by atoms with Crippen LogP contribution in [0.5, 0.6) is 0 Å². The van der Waals surface area contributed by atoms with Gasteiger partial charge in [0.15, 0.2) is 0 Å². The molecule has 0 aliphatic heterocycles. The zero-order chi connectivity index (χ0) is 14.0. The number of nitrogens with two attached hydrogens (primary N) is 1. The van der Waals surface area contributed by atoms with E-state index in [2.05, 4.69) is 48.0 Å². The molecule has 1 unspecified atom stereocenters. The summed E-state index contributed by atoms with van der Waals surface area (Å²) in [5.74, 6) is -0.264. The van der Waals surface area contributed by atoms with Crippen molar-refractivity contribution < 1.29 is 4.39 Å². The van der Waals surface area contributed by atoms with Crippen molar-refractivity contribution in [3.63, 3.8) is 0 Å². The summed E-state index contributed by atoms with van der Waals surface area (Å²) >= 11 is 3.29. The summed E-state index contributed by atoms with van der Waals surface area (Å²) in [6.07, 6.45) is 0.705. The molecule has 0 heterocycles. The first-order valence-corrected chi connectivity index (χ1v) is 7.02. The highest BCUT2D eigenvalue weighted by atomic mass is 79.9. The minimum atomic E-state index is -0.264. The summed E-state index contributed by atoms with van der Waals surface area (Å²) in [7, 11) is 0. The van der Waals surface area contributed by atoms with E-state index in [0.29, 0.717) is 6.42 Å². The Balaban J connectivity index is 2.20. The predicted molar refractivity (Wildman–Crippen MR) is 80.6 cm³/mol. The lowest BCUT2D eigenvalue weighted by Gasteiger charge is -2.14. The Kier molecular flexibility index (Phi) is 4.38. The van der Waals surface area contributed by atoms with Gasteiger partial charge in [-0.2, -0.15) is 0 Å². The molecule has 1 atom stereocenters. The van der Waals surface area contributed by atoms with E-state index >= 15 is 0 Å². The Morgan fingerprint density at radius 2 is 1.84 bits per heavy atom. The standard InChI is InChI=1S/C16H17BrFN/c1-10-3-4-12(5-11(10)2)6-16(19)13-7-14(17)9-15(18)8-13/h3-5,7-9,16H,6,19H2,1-2H3. The quantitative estimate of drug-likeness (QED) is 0.888. The molecule has 2 aromatic carbocycles. The molecule has 0 amide bonds. The van der Waals surface area contributed by atoms with Gasteiger partial charge in [0.2, 0.25) is 0 Å². The van der Waals surface area contributed by atoms with E-state index in [1.807, 2.05) is 6.07 Å². The van der Waals surface area contributed by atoms with Gasteiger partial charge in [-0.05, 0) is 60.7 Å². The maximum Gasteiger partial charge on any atom is 0.124 e. The van der Waals surface area contributed by atoms with Gasteiger partial charge >= 0.3 is 0 Å². The molecular weight excluding hydrogens is 305 g/mol. The van der Waals surface area contributed by atoms with Crippen LogP contribution in [0.4, 0.5) is 4.39 Å². The van der Waals surface area contributed by atoms with Gasteiger partial charge in [-0.1, -0.05) is 34.1 Å². The molecule has 0 aliphatic rings. The first-order valence-electron chi connectivity index (χ1n) is 6.23. The Hall–Kier alpha value is -1.19. The molecule has 100 valence electrons. The second-order valence-electron chi connectivity index (χ2n) is 4.93. The second-order valence-corrected chi connectivity index (χ2v) is 5.85. The topological polar surface area (TPSA) is 26.0 Å². The second kappa shape index (κ2) is 5.85. The van der Waals surface area contributed by atoms with Crippen LogP contribution in [0.2, 0.25) is 0 Å². The number of benzene rings is 2. The summed E-state index contributed by atoms with van der Waals surface area (Å²) in [6.45, 7) is 4.17. The highest BCUT2D eigenvalue weighted by Gasteiger charge is 2.10. The fourth-order valence-electron chi connectivity index (χ4n) is 2.09. The Bertz CT molecular complexity index is 575. The zero-order valence-corrected chi connectivity index (χ0v) is 12.7. The van der Waals surface area contributed by atoms with Crippen molar-refractivity contribution in [1.82, 2.24) is 0 Å². The lowest BCUT2D eigenvalue weighted by molar-refractivity contribution is 0.617. The van der Waals surface area contributed by atoms with Crippen LogP contribution in [-0.2, 0) is 6.42 Å². The van der Waals surface area contributed by atoms with Crippen LogP contribution in [0.3, 0.4) is 0 Å². The van der Waals surface area contributed by atoms with Crippen molar-refractivity contribution in [2.45, 2.75) is 26.3 Å². The lowest BCUT2D eigenvalue weighted by Crippen LogP contribution is -2.13. The van der Waals surface area contributed by atoms with Crippen molar-refractivity contribution in [3.8, 4) is 0 Å². The molecule has 1 nitrogen and oxygen atoms in total. The number of hydrogen-bond donors (Lipinski definition) is 1. The summed E-state index contributed by atoms with van der Waals surface area (Å²) in [5.41, 5.74) is 10.7. The van der Waals surface area contributed by atoms with Crippen LogP contribution in [0, 0.1) is 19.7 Å². The highest BCUT2D eigenvalue weighted by Crippen LogP contribution is 2.22. The van der Waals surface area contributed by atoms with Gasteiger partial charge in [0, 0.05) is 10.5 Å². The smallest absolute Gasteiger partial charge is 0.124 e. The van der Waals surface area contributed by atoms with E-state index in [-0.39, 0.29) is 11.9 Å². The average molecular weight is 322 g/mol. The molecule has 0 aliphatic carbocycles. The summed E-state index contributed by atoms with van der Waals surface area (Å²) in [4.78, 5) is 0. The molecule has 2 N–H and O–H groups in total. The summed E-state index contributed by atoms with van der Waals surface area (Å²) < 4.78 is 14.1. The Labute approximate surface area is 121 Å². The molecule has 19 heavy (non-hydrogen) atoms. The minimum Gasteiger partial charge on any atom is -0.324 e. The van der Waals surface area contributed by atoms with Crippen molar-refractivity contribution in [2.75, 3.05) is 0 Å². The van der Waals surface area contributed by atoms with E-state index in [0.717, 1.165) is 10.0 Å². The molecular formula is C16H17BrFN. The van der Waals surface area contributed by atoms with E-state index in [1.54, 1.807) is 0 Å². The van der Waals surface area contributed by atoms with Gasteiger partial charge in [-0.15, -0.1) is 0 Å². The van der Waals surface area contributed by atoms with Crippen molar-refractivity contribution in [3.05, 3.63) is 68.9 Å². The monoisotopic (exact) mass is 321 g/mol. The normalized spacial score (nSPS) is 12.5. The fraction of sp³-hybridized carbons (Fsp3) is 0.250. The SMILES string of the molecule is Cc1ccc(CC(N)c2cc(F)cc(Br)c2)cc1C. The van der Waals surface area contributed by atoms with Crippen molar-refractivity contribution in [1.29, 1.82) is 0 Å². The third kappa shape index (κ3) is 3.64. The fourth-order valence-corrected chi connectivity index (χ4v) is 2.57. The van der Waals surface area contributed by atoms with Crippen LogP contribution >= 0.6 is 15.9 Å². The minimum absolute atomic E-state index is 0.200. The number of halogens is 2. The van der Waals surface area contributed by atoms with Gasteiger partial charge in [-0.25, -0.2) is 4.39 Å². The highest BCUT2D eigenvalue weighted by molar-refractivity contribution is 9.10. The van der Waals surface area contributed by atoms with Crippen LogP contribution in [0.1, 0.15) is 28.3 Å².